The third kappa shape index (κ3) is 3.42. The third-order valence-corrected chi connectivity index (χ3v) is 7.07. The van der Waals surface area contributed by atoms with Crippen LogP contribution in [0.5, 0.6) is 0 Å². The molecule has 0 saturated carbocycles. The van der Waals surface area contributed by atoms with E-state index in [4.69, 9.17) is 0 Å². The summed E-state index contributed by atoms with van der Waals surface area (Å²) < 4.78 is 0. The summed E-state index contributed by atoms with van der Waals surface area (Å²) in [7, 11) is 0. The van der Waals surface area contributed by atoms with Gasteiger partial charge in [-0.1, -0.05) is 19.9 Å². The number of aliphatic carboxylic acids is 1. The Labute approximate surface area is 164 Å². The van der Waals surface area contributed by atoms with Crippen LogP contribution in [0.3, 0.4) is 0 Å². The van der Waals surface area contributed by atoms with Gasteiger partial charge in [0.15, 0.2) is 0 Å². The quantitative estimate of drug-likeness (QED) is 0.658. The first-order valence-electron chi connectivity index (χ1n) is 9.82. The number of carbonyl (C=O) groups is 1. The van der Waals surface area contributed by atoms with Crippen LogP contribution in [0, 0.1) is 61.3 Å². The van der Waals surface area contributed by atoms with Crippen molar-refractivity contribution in [1.29, 1.82) is 0 Å². The highest BCUT2D eigenvalue weighted by molar-refractivity contribution is 5.82. The van der Waals surface area contributed by atoms with E-state index in [2.05, 4.69) is 61.5 Å². The van der Waals surface area contributed by atoms with Crippen LogP contribution in [-0.4, -0.2) is 11.1 Å². The van der Waals surface area contributed by atoms with E-state index >= 15 is 0 Å². The van der Waals surface area contributed by atoms with Gasteiger partial charge in [0.1, 0.15) is 0 Å². The minimum atomic E-state index is -0.742. The van der Waals surface area contributed by atoms with Crippen molar-refractivity contribution in [2.45, 2.75) is 75.2 Å². The topological polar surface area (TPSA) is 37.3 Å². The molecule has 0 spiro atoms. The summed E-state index contributed by atoms with van der Waals surface area (Å²) in [5.41, 5.74) is 14.1. The Kier molecular flexibility index (Phi) is 5.89. The smallest absolute Gasteiger partial charge is 0.306 e. The highest BCUT2D eigenvalue weighted by atomic mass is 16.4. The van der Waals surface area contributed by atoms with Crippen LogP contribution >= 0.6 is 0 Å². The molecule has 0 aliphatic rings. The van der Waals surface area contributed by atoms with Crippen molar-refractivity contribution in [3.63, 3.8) is 0 Å². The molecule has 0 fully saturated rings. The molecule has 0 heterocycles. The number of hydrogen-bond donors (Lipinski definition) is 1. The van der Waals surface area contributed by atoms with Crippen molar-refractivity contribution in [3.8, 4) is 11.1 Å². The van der Waals surface area contributed by atoms with E-state index in [-0.39, 0.29) is 5.92 Å². The van der Waals surface area contributed by atoms with Crippen LogP contribution in [0.2, 0.25) is 0 Å². The summed E-state index contributed by atoms with van der Waals surface area (Å²) in [6.07, 6.45) is 0. The highest BCUT2D eigenvalue weighted by Crippen LogP contribution is 2.43. The molecule has 2 aromatic carbocycles. The normalized spacial score (nSPS) is 13.6. The first-order chi connectivity index (χ1) is 12.4. The summed E-state index contributed by atoms with van der Waals surface area (Å²) in [5, 5.41) is 9.60. The van der Waals surface area contributed by atoms with Crippen molar-refractivity contribution < 1.29 is 9.90 Å². The van der Waals surface area contributed by atoms with Crippen molar-refractivity contribution in [2.24, 2.45) is 5.92 Å². The molecule has 1 N–H and O–H groups in total. The predicted molar refractivity (Wildman–Crippen MR) is 115 cm³/mol. The van der Waals surface area contributed by atoms with Gasteiger partial charge in [-0.05, 0) is 123 Å². The van der Waals surface area contributed by atoms with Crippen molar-refractivity contribution in [2.75, 3.05) is 0 Å². The summed E-state index contributed by atoms with van der Waals surface area (Å²) in [6, 6.07) is 2.21. The van der Waals surface area contributed by atoms with Crippen molar-refractivity contribution in [3.05, 3.63) is 56.1 Å². The molecule has 0 bridgehead atoms. The zero-order chi connectivity index (χ0) is 20.8. The average molecular weight is 367 g/mol. The summed E-state index contributed by atoms with van der Waals surface area (Å²) in [4.78, 5) is 11.7. The second-order valence-corrected chi connectivity index (χ2v) is 8.32. The number of benzene rings is 2. The second kappa shape index (κ2) is 7.50. The maximum absolute atomic E-state index is 11.7. The van der Waals surface area contributed by atoms with E-state index in [9.17, 15) is 9.90 Å². The lowest BCUT2D eigenvalue weighted by Crippen LogP contribution is -2.18. The fraction of sp³-hybridized carbons (Fsp3) is 0.480. The molecule has 2 unspecified atom stereocenters. The molecule has 0 aliphatic carbocycles. The molecule has 2 nitrogen and oxygen atoms in total. The SMILES string of the molecule is Cc1cc(C(C)C(C)C(=O)O)c(-c2c(C)c(C)c(C)c(C)c2C)c(C)c1C. The maximum atomic E-state index is 11.7. The highest BCUT2D eigenvalue weighted by Gasteiger charge is 2.27. The molecule has 27 heavy (non-hydrogen) atoms. The second-order valence-electron chi connectivity index (χ2n) is 8.32. The number of aryl methyl sites for hydroxylation is 1. The molecule has 0 amide bonds. The van der Waals surface area contributed by atoms with Crippen LogP contribution < -0.4 is 0 Å². The van der Waals surface area contributed by atoms with Gasteiger partial charge in [-0.15, -0.1) is 0 Å². The Balaban J connectivity index is 2.98. The van der Waals surface area contributed by atoms with E-state index in [1.165, 1.54) is 55.6 Å². The third-order valence-electron chi connectivity index (χ3n) is 7.07. The Bertz CT molecular complexity index is 890. The number of carboxylic acids is 1. The van der Waals surface area contributed by atoms with Gasteiger partial charge in [-0.3, -0.25) is 4.79 Å². The van der Waals surface area contributed by atoms with Gasteiger partial charge in [0, 0.05) is 0 Å². The van der Waals surface area contributed by atoms with Gasteiger partial charge in [0.25, 0.3) is 0 Å². The monoisotopic (exact) mass is 366 g/mol. The minimum Gasteiger partial charge on any atom is -0.481 e. The van der Waals surface area contributed by atoms with Gasteiger partial charge in [-0.2, -0.15) is 0 Å². The van der Waals surface area contributed by atoms with Crippen LogP contribution in [0.4, 0.5) is 0 Å². The van der Waals surface area contributed by atoms with E-state index in [1.807, 2.05) is 13.8 Å². The van der Waals surface area contributed by atoms with Gasteiger partial charge < -0.3 is 5.11 Å². The van der Waals surface area contributed by atoms with E-state index in [0.717, 1.165) is 5.56 Å². The number of hydrogen-bond acceptors (Lipinski definition) is 1. The molecule has 0 aromatic heterocycles. The van der Waals surface area contributed by atoms with E-state index < -0.39 is 11.9 Å². The fourth-order valence-electron chi connectivity index (χ4n) is 4.16. The van der Waals surface area contributed by atoms with Crippen molar-refractivity contribution in [1.82, 2.24) is 0 Å². The molecular formula is C25H34O2. The largest absolute Gasteiger partial charge is 0.481 e. The van der Waals surface area contributed by atoms with Crippen LogP contribution in [0.25, 0.3) is 11.1 Å². The minimum absolute atomic E-state index is 0.0591. The number of carboxylic acid groups (broad SMARTS) is 1. The predicted octanol–water partition coefficient (Wildman–Crippen LogP) is 6.65. The molecular weight excluding hydrogens is 332 g/mol. The van der Waals surface area contributed by atoms with Crippen LogP contribution in [-0.2, 0) is 4.79 Å². The van der Waals surface area contributed by atoms with E-state index in [1.54, 1.807) is 0 Å². The lowest BCUT2D eigenvalue weighted by molar-refractivity contribution is -0.141. The molecule has 2 aromatic rings. The maximum Gasteiger partial charge on any atom is 0.306 e. The fourth-order valence-corrected chi connectivity index (χ4v) is 4.16. The number of rotatable bonds is 4. The Morgan fingerprint density at radius 2 is 1.11 bits per heavy atom. The molecule has 0 radical (unpaired) electrons. The summed E-state index contributed by atoms with van der Waals surface area (Å²) >= 11 is 0. The molecule has 0 aliphatic heterocycles. The molecule has 2 rings (SSSR count). The van der Waals surface area contributed by atoms with Gasteiger partial charge in [0.2, 0.25) is 0 Å². The van der Waals surface area contributed by atoms with Gasteiger partial charge >= 0.3 is 5.97 Å². The van der Waals surface area contributed by atoms with E-state index in [0.29, 0.717) is 0 Å². The Morgan fingerprint density at radius 1 is 0.704 bits per heavy atom. The van der Waals surface area contributed by atoms with Gasteiger partial charge in [-0.25, -0.2) is 0 Å². The van der Waals surface area contributed by atoms with Crippen molar-refractivity contribution >= 4 is 5.97 Å². The molecule has 0 saturated heterocycles. The first kappa shape index (κ1) is 21.2. The molecule has 2 heteroatoms. The van der Waals surface area contributed by atoms with Crippen LogP contribution in [0.15, 0.2) is 6.07 Å². The lowest BCUT2D eigenvalue weighted by atomic mass is 9.76. The van der Waals surface area contributed by atoms with Crippen LogP contribution in [0.1, 0.15) is 69.8 Å². The Morgan fingerprint density at radius 3 is 1.56 bits per heavy atom. The standard InChI is InChI=1S/C25H34O2/c1-12-11-22(17(6)21(10)25(26)27)24(18(7)13(12)2)23-19(8)15(4)14(3)16(5)20(23)9/h11,17,21H,1-10H3,(H,26,27). The zero-order valence-corrected chi connectivity index (χ0v) is 18.6. The lowest BCUT2D eigenvalue weighted by Gasteiger charge is -2.28. The first-order valence-corrected chi connectivity index (χ1v) is 9.82. The average Bonchev–Trinajstić information content (AvgIpc) is 2.63. The summed E-state index contributed by atoms with van der Waals surface area (Å²) in [5.74, 6) is -1.23. The molecule has 2 atom stereocenters. The zero-order valence-electron chi connectivity index (χ0n) is 18.6. The van der Waals surface area contributed by atoms with Gasteiger partial charge in [0.05, 0.1) is 5.92 Å². The summed E-state index contributed by atoms with van der Waals surface area (Å²) in [6.45, 7) is 21.3. The Hall–Kier alpha value is -2.09. The molecule has 146 valence electrons.